The minimum Gasteiger partial charge on any atom is -0.336 e. The number of carbonyl (C=O) groups is 1. The van der Waals surface area contributed by atoms with Gasteiger partial charge in [0.1, 0.15) is 12.4 Å². The third-order valence-electron chi connectivity index (χ3n) is 5.61. The number of hydrogen-bond donors (Lipinski definition) is 3. The molecule has 0 spiro atoms. The summed E-state index contributed by atoms with van der Waals surface area (Å²) in [5.41, 5.74) is 1.95. The summed E-state index contributed by atoms with van der Waals surface area (Å²) in [6, 6.07) is 0.242. The van der Waals surface area contributed by atoms with Gasteiger partial charge in [-0.2, -0.15) is 5.10 Å². The van der Waals surface area contributed by atoms with Crippen LogP contribution >= 0.6 is 0 Å². The zero-order valence-electron chi connectivity index (χ0n) is 17.5. The molecule has 0 aliphatic carbocycles. The lowest BCUT2D eigenvalue weighted by Crippen LogP contribution is -2.75. The van der Waals surface area contributed by atoms with Crippen molar-refractivity contribution in [1.82, 2.24) is 24.6 Å². The van der Waals surface area contributed by atoms with Gasteiger partial charge in [-0.25, -0.2) is 10.3 Å². The molecule has 0 radical (unpaired) electrons. The van der Waals surface area contributed by atoms with Gasteiger partial charge in [0.2, 0.25) is 5.91 Å². The highest BCUT2D eigenvalue weighted by atomic mass is 16.2. The van der Waals surface area contributed by atoms with Gasteiger partial charge in [0, 0.05) is 36.1 Å². The highest BCUT2D eigenvalue weighted by Crippen LogP contribution is 2.21. The fourth-order valence-electron chi connectivity index (χ4n) is 3.87. The van der Waals surface area contributed by atoms with Gasteiger partial charge < -0.3 is 4.90 Å². The van der Waals surface area contributed by atoms with Crippen LogP contribution in [0.4, 0.5) is 23.3 Å². The molecule has 1 saturated heterocycles. The van der Waals surface area contributed by atoms with E-state index in [-0.39, 0.29) is 17.9 Å². The number of aromatic nitrogens is 4. The molecule has 2 aromatic heterocycles. The van der Waals surface area contributed by atoms with Gasteiger partial charge in [-0.05, 0) is 32.8 Å². The summed E-state index contributed by atoms with van der Waals surface area (Å²) in [6.45, 7) is 9.27. The smallest absolute Gasteiger partial charge is 0.336 e. The lowest BCUT2D eigenvalue weighted by atomic mass is 9.94. The van der Waals surface area contributed by atoms with Gasteiger partial charge in [0.15, 0.2) is 11.3 Å². The standard InChI is InChI=1S/C21H26N8O/c1-4-18(30)29-12-15(7-6-14(29)3)10-23-20-17-8-9-22-19(17)26-21(27-20)25-16-11-24-28(5-2)13-16/h4,8-11,13-15H,1,5-7,12H2,2-3H3,(H2,22,25,26,27)/p+3/t14-,15?/m0/s1. The molecule has 1 amide bonds. The quantitative estimate of drug-likeness (QED) is 0.420. The second-order valence-electron chi connectivity index (χ2n) is 7.72. The number of nitrogens with two attached hydrogens (primary N) is 2. The Bertz CT molecular complexity index is 1010. The largest absolute Gasteiger partial charge is 0.446 e. The topological polar surface area (TPSA) is 111 Å². The predicted octanol–water partition coefficient (Wildman–Crippen LogP) is -1.01. The molecule has 1 fully saturated rings. The molecule has 9 nitrogen and oxygen atoms in total. The normalized spacial score (nSPS) is 20.7. The number of fused-ring (bicyclic) bond motifs is 1. The Hall–Kier alpha value is -3.17. The third-order valence-corrected chi connectivity index (χ3v) is 5.61. The first kappa shape index (κ1) is 20.1. The van der Waals surface area contributed by atoms with Crippen molar-refractivity contribution >= 4 is 41.5 Å². The van der Waals surface area contributed by atoms with Crippen LogP contribution < -0.4 is 15.6 Å². The maximum Gasteiger partial charge on any atom is 0.446 e. The summed E-state index contributed by atoms with van der Waals surface area (Å²) in [4.78, 5) is 26.8. The van der Waals surface area contributed by atoms with Crippen molar-refractivity contribution in [3.05, 3.63) is 36.8 Å². The van der Waals surface area contributed by atoms with Crippen LogP contribution in [0.2, 0.25) is 0 Å². The summed E-state index contributed by atoms with van der Waals surface area (Å²) in [6.07, 6.45) is 13.2. The van der Waals surface area contributed by atoms with Crippen LogP contribution in [-0.4, -0.2) is 49.4 Å². The summed E-state index contributed by atoms with van der Waals surface area (Å²) >= 11 is 0. The fourth-order valence-corrected chi connectivity index (χ4v) is 3.87. The molecule has 4 heterocycles. The van der Waals surface area contributed by atoms with Crippen molar-refractivity contribution < 1.29 is 20.4 Å². The first-order valence-corrected chi connectivity index (χ1v) is 10.4. The Balaban J connectivity index is 1.54. The van der Waals surface area contributed by atoms with E-state index in [9.17, 15) is 4.79 Å². The average molecular weight is 410 g/mol. The predicted molar refractivity (Wildman–Crippen MR) is 113 cm³/mol. The number of hydrogen-bond acceptors (Lipinski definition) is 4. The van der Waals surface area contributed by atoms with Crippen LogP contribution in [-0.2, 0) is 11.3 Å². The van der Waals surface area contributed by atoms with E-state index in [1.165, 1.54) is 6.08 Å². The van der Waals surface area contributed by atoms with Crippen LogP contribution in [0.25, 0.3) is 6.08 Å². The van der Waals surface area contributed by atoms with Gasteiger partial charge in [0.05, 0.1) is 12.4 Å². The lowest BCUT2D eigenvalue weighted by molar-refractivity contribution is -0.506. The van der Waals surface area contributed by atoms with Crippen molar-refractivity contribution in [2.75, 3.05) is 6.54 Å². The summed E-state index contributed by atoms with van der Waals surface area (Å²) in [5, 5.41) is 8.23. The van der Waals surface area contributed by atoms with Crippen LogP contribution in [0.1, 0.15) is 32.3 Å². The number of nitrogens with one attached hydrogen (secondary N) is 1. The minimum atomic E-state index is -0.00873. The summed E-state index contributed by atoms with van der Waals surface area (Å²) < 4.78 is 1.88. The van der Waals surface area contributed by atoms with E-state index >= 15 is 0 Å². The molecular weight excluding hydrogens is 380 g/mol. The molecule has 2 aliphatic rings. The van der Waals surface area contributed by atoms with Crippen LogP contribution in [0.15, 0.2) is 31.2 Å². The fraction of sp³-hybridized carbons (Fsp3) is 0.381. The van der Waals surface area contributed by atoms with Crippen LogP contribution in [0.3, 0.4) is 0 Å². The molecule has 0 saturated carbocycles. The highest BCUT2D eigenvalue weighted by molar-refractivity contribution is 5.87. The summed E-state index contributed by atoms with van der Waals surface area (Å²) in [5.74, 6) is 2.56. The first-order chi connectivity index (χ1) is 14.6. The maximum absolute atomic E-state index is 12.1. The van der Waals surface area contributed by atoms with E-state index in [4.69, 9.17) is 4.98 Å². The Morgan fingerprint density at radius 3 is 3.07 bits per heavy atom. The molecule has 2 aromatic rings. The Morgan fingerprint density at radius 1 is 1.43 bits per heavy atom. The van der Waals surface area contributed by atoms with E-state index in [0.717, 1.165) is 42.3 Å². The Morgan fingerprint density at radius 2 is 2.30 bits per heavy atom. The molecule has 9 heteroatoms. The third kappa shape index (κ3) is 4.22. The number of likely N-dealkylation sites (tertiary alicyclic amines) is 1. The second kappa shape index (κ2) is 8.68. The number of amides is 1. The molecule has 2 aliphatic heterocycles. The second-order valence-corrected chi connectivity index (χ2v) is 7.72. The lowest BCUT2D eigenvalue weighted by Gasteiger charge is -2.35. The molecule has 0 bridgehead atoms. The summed E-state index contributed by atoms with van der Waals surface area (Å²) in [7, 11) is 0. The molecule has 0 aromatic carbocycles. The molecule has 1 unspecified atom stereocenters. The molecular formula is C21H29N8O+3. The van der Waals surface area contributed by atoms with Gasteiger partial charge in [-0.3, -0.25) is 14.8 Å². The van der Waals surface area contributed by atoms with E-state index < -0.39 is 0 Å². The molecule has 4 rings (SSSR count). The molecule has 156 valence electrons. The number of quaternary nitrogens is 2. The minimum absolute atomic E-state index is 0.00873. The molecule has 5 N–H and O–H groups in total. The van der Waals surface area contributed by atoms with Gasteiger partial charge in [-0.15, -0.1) is 0 Å². The maximum atomic E-state index is 12.1. The molecule has 30 heavy (non-hydrogen) atoms. The first-order valence-electron chi connectivity index (χ1n) is 10.4. The number of aryl methyl sites for hydroxylation is 1. The van der Waals surface area contributed by atoms with E-state index in [0.29, 0.717) is 12.5 Å². The zero-order valence-corrected chi connectivity index (χ0v) is 17.5. The Labute approximate surface area is 175 Å². The monoisotopic (exact) mass is 409 g/mol. The Kier molecular flexibility index (Phi) is 5.82. The number of piperidine rings is 1. The zero-order chi connectivity index (χ0) is 21.1. The van der Waals surface area contributed by atoms with E-state index in [2.05, 4.69) is 41.7 Å². The SMILES string of the molecule is C=CC(=O)N1CC(C=[NH+]c2nc([NH2+]c3cnn(CC)c3)nc3c2C=C[NH2+]3)CC[C@@H]1C. The van der Waals surface area contributed by atoms with E-state index in [1.54, 1.807) is 0 Å². The van der Waals surface area contributed by atoms with Crippen molar-refractivity contribution in [3.8, 4) is 0 Å². The van der Waals surface area contributed by atoms with Gasteiger partial charge in [0.25, 0.3) is 5.82 Å². The highest BCUT2D eigenvalue weighted by Gasteiger charge is 2.30. The van der Waals surface area contributed by atoms with Crippen molar-refractivity contribution in [2.24, 2.45) is 5.92 Å². The van der Waals surface area contributed by atoms with E-state index in [1.807, 2.05) is 44.9 Å². The number of rotatable bonds is 6. The van der Waals surface area contributed by atoms with Crippen molar-refractivity contribution in [1.29, 1.82) is 0 Å². The average Bonchev–Trinajstić information content (AvgIpc) is 3.41. The van der Waals surface area contributed by atoms with Crippen molar-refractivity contribution in [3.63, 3.8) is 0 Å². The van der Waals surface area contributed by atoms with Crippen LogP contribution in [0.5, 0.6) is 0 Å². The van der Waals surface area contributed by atoms with Gasteiger partial charge >= 0.3 is 11.8 Å². The number of nitrogens with zero attached hydrogens (tertiary/aromatic N) is 5. The van der Waals surface area contributed by atoms with Gasteiger partial charge in [-0.1, -0.05) is 11.6 Å². The van der Waals surface area contributed by atoms with Crippen LogP contribution in [0, 0.1) is 5.92 Å². The van der Waals surface area contributed by atoms with Crippen molar-refractivity contribution in [2.45, 2.75) is 39.3 Å². The number of carbonyl (C=O) groups excluding carboxylic acids is 1. The molecule has 2 atom stereocenters.